The van der Waals surface area contributed by atoms with Gasteiger partial charge in [-0.1, -0.05) is 42.8 Å². The molecule has 2 heterocycles. The van der Waals surface area contributed by atoms with Gasteiger partial charge in [0.25, 0.3) is 5.56 Å². The number of anilines is 1. The van der Waals surface area contributed by atoms with Gasteiger partial charge in [-0.15, -0.1) is 0 Å². The molecule has 0 saturated carbocycles. The molecule has 0 aliphatic carbocycles. The molecule has 0 aliphatic rings. The van der Waals surface area contributed by atoms with Crippen LogP contribution >= 0.6 is 0 Å². The summed E-state index contributed by atoms with van der Waals surface area (Å²) in [6.45, 7) is 9.84. The predicted molar refractivity (Wildman–Crippen MR) is 129 cm³/mol. The number of fused-ring (bicyclic) bond motifs is 1. The Balaban J connectivity index is 1.79. The van der Waals surface area contributed by atoms with Crippen LogP contribution in [0.15, 0.2) is 59.5 Å². The van der Waals surface area contributed by atoms with Crippen molar-refractivity contribution in [2.75, 3.05) is 5.32 Å². The molecule has 1 unspecified atom stereocenters. The first-order valence-electron chi connectivity index (χ1n) is 10.9. The fraction of sp³-hybridized carbons (Fsp3) is 0.269. The third-order valence-electron chi connectivity index (χ3n) is 6.09. The highest BCUT2D eigenvalue weighted by Gasteiger charge is 2.26. The van der Waals surface area contributed by atoms with Crippen molar-refractivity contribution in [3.05, 3.63) is 87.6 Å². The zero-order chi connectivity index (χ0) is 23.0. The van der Waals surface area contributed by atoms with Gasteiger partial charge in [0.15, 0.2) is 0 Å². The van der Waals surface area contributed by atoms with Crippen molar-refractivity contribution < 1.29 is 4.79 Å². The number of benzene rings is 2. The lowest BCUT2D eigenvalue weighted by Gasteiger charge is -2.21. The number of aromatic nitrogens is 3. The first kappa shape index (κ1) is 21.6. The number of aryl methyl sites for hydroxylation is 4. The number of nitrogens with zero attached hydrogens (tertiary/aromatic N) is 3. The number of hydrogen-bond acceptors (Lipinski definition) is 3. The molecule has 0 radical (unpaired) electrons. The molecule has 0 aliphatic heterocycles. The topological polar surface area (TPSA) is 68.9 Å². The second-order valence-electron chi connectivity index (χ2n) is 8.26. The summed E-state index contributed by atoms with van der Waals surface area (Å²) < 4.78 is 3.39. The molecule has 32 heavy (non-hydrogen) atoms. The van der Waals surface area contributed by atoms with E-state index >= 15 is 0 Å². The maximum Gasteiger partial charge on any atom is 0.281 e. The second-order valence-corrected chi connectivity index (χ2v) is 8.26. The highest BCUT2D eigenvalue weighted by Crippen LogP contribution is 2.29. The molecule has 6 nitrogen and oxygen atoms in total. The smallest absolute Gasteiger partial charge is 0.281 e. The van der Waals surface area contributed by atoms with Crippen LogP contribution in [-0.2, 0) is 4.79 Å². The van der Waals surface area contributed by atoms with E-state index in [-0.39, 0.29) is 11.5 Å². The van der Waals surface area contributed by atoms with Gasteiger partial charge in [-0.3, -0.25) is 9.59 Å². The number of rotatable bonds is 5. The maximum absolute atomic E-state index is 13.4. The average Bonchev–Trinajstić information content (AvgIpc) is 3.03. The van der Waals surface area contributed by atoms with Crippen LogP contribution < -0.4 is 10.9 Å². The van der Waals surface area contributed by atoms with Crippen LogP contribution in [0.1, 0.15) is 41.9 Å². The van der Waals surface area contributed by atoms with Crippen molar-refractivity contribution in [1.82, 2.24) is 14.3 Å². The highest BCUT2D eigenvalue weighted by molar-refractivity contribution is 5.96. The zero-order valence-corrected chi connectivity index (χ0v) is 19.1. The molecule has 4 aromatic rings. The summed E-state index contributed by atoms with van der Waals surface area (Å²) in [4.78, 5) is 26.7. The third-order valence-corrected chi connectivity index (χ3v) is 6.09. The van der Waals surface area contributed by atoms with Crippen molar-refractivity contribution in [1.29, 1.82) is 0 Å². The van der Waals surface area contributed by atoms with Gasteiger partial charge in [0, 0.05) is 22.5 Å². The molecule has 2 aromatic carbocycles. The van der Waals surface area contributed by atoms with Crippen LogP contribution in [0.4, 0.5) is 5.69 Å². The molecule has 1 atom stereocenters. The molecule has 1 N–H and O–H groups in total. The molecule has 0 saturated heterocycles. The fourth-order valence-corrected chi connectivity index (χ4v) is 4.46. The van der Waals surface area contributed by atoms with Crippen LogP contribution in [0.25, 0.3) is 16.5 Å². The van der Waals surface area contributed by atoms with Crippen molar-refractivity contribution in [3.63, 3.8) is 0 Å². The van der Waals surface area contributed by atoms with Gasteiger partial charge in [-0.25, -0.2) is 0 Å². The Morgan fingerprint density at radius 1 is 1.03 bits per heavy atom. The first-order chi connectivity index (χ1) is 15.3. The van der Waals surface area contributed by atoms with Gasteiger partial charge in [0.2, 0.25) is 5.91 Å². The van der Waals surface area contributed by atoms with E-state index in [2.05, 4.69) is 16.5 Å². The number of carbonyl (C=O) groups excluding carboxylic acids is 1. The Morgan fingerprint density at radius 3 is 2.41 bits per heavy atom. The van der Waals surface area contributed by atoms with Crippen LogP contribution in [0.5, 0.6) is 0 Å². The lowest BCUT2D eigenvalue weighted by atomic mass is 10.1. The molecule has 4 rings (SSSR count). The molecule has 0 fully saturated rings. The predicted octanol–water partition coefficient (Wildman–Crippen LogP) is 5.01. The molecule has 0 spiro atoms. The molecule has 1 amide bonds. The Bertz CT molecular complexity index is 1370. The largest absolute Gasteiger partial charge is 0.335 e. The summed E-state index contributed by atoms with van der Waals surface area (Å²) in [6, 6.07) is 14.9. The monoisotopic (exact) mass is 428 g/mol. The van der Waals surface area contributed by atoms with Gasteiger partial charge in [-0.05, 0) is 57.9 Å². The van der Waals surface area contributed by atoms with Crippen molar-refractivity contribution >= 4 is 22.4 Å². The molecule has 6 heteroatoms. The molecular weight excluding hydrogens is 400 g/mol. The van der Waals surface area contributed by atoms with E-state index in [1.165, 1.54) is 4.68 Å². The average molecular weight is 429 g/mol. The maximum atomic E-state index is 13.4. The van der Waals surface area contributed by atoms with E-state index in [4.69, 9.17) is 0 Å². The summed E-state index contributed by atoms with van der Waals surface area (Å²) in [5.41, 5.74) is 5.15. The lowest BCUT2D eigenvalue weighted by Crippen LogP contribution is -2.27. The fourth-order valence-electron chi connectivity index (χ4n) is 4.46. The lowest BCUT2D eigenvalue weighted by molar-refractivity contribution is -0.119. The summed E-state index contributed by atoms with van der Waals surface area (Å²) in [7, 11) is 0. The minimum atomic E-state index is -0.437. The number of para-hydroxylation sites is 1. The van der Waals surface area contributed by atoms with Gasteiger partial charge < -0.3 is 9.88 Å². The normalized spacial score (nSPS) is 12.2. The van der Waals surface area contributed by atoms with Crippen LogP contribution in [0.2, 0.25) is 0 Å². The Kier molecular flexibility index (Phi) is 5.70. The number of amides is 1. The minimum absolute atomic E-state index is 0.0951. The summed E-state index contributed by atoms with van der Waals surface area (Å²) in [5.74, 6) is -0.0951. The van der Waals surface area contributed by atoms with E-state index in [1.807, 2.05) is 81.7 Å². The Labute approximate surface area is 187 Å². The van der Waals surface area contributed by atoms with Crippen LogP contribution in [0, 0.1) is 27.7 Å². The Hall–Kier alpha value is -3.67. The quantitative estimate of drug-likeness (QED) is 0.486. The zero-order valence-electron chi connectivity index (χ0n) is 19.1. The molecular formula is C26H28N4O2. The number of carbonyl (C=O) groups is 1. The molecule has 2 aromatic heterocycles. The Morgan fingerprint density at radius 2 is 1.75 bits per heavy atom. The summed E-state index contributed by atoms with van der Waals surface area (Å²) in [6.07, 6.45) is 2.32. The highest BCUT2D eigenvalue weighted by atomic mass is 16.2. The van der Waals surface area contributed by atoms with Gasteiger partial charge in [0.1, 0.15) is 6.04 Å². The number of nitrogens with one attached hydrogen (secondary N) is 1. The third kappa shape index (κ3) is 3.62. The van der Waals surface area contributed by atoms with E-state index in [0.717, 1.165) is 33.6 Å². The van der Waals surface area contributed by atoms with E-state index < -0.39 is 6.04 Å². The number of hydrogen-bond donors (Lipinski definition) is 1. The van der Waals surface area contributed by atoms with Gasteiger partial charge >= 0.3 is 0 Å². The van der Waals surface area contributed by atoms with E-state index in [1.54, 1.807) is 6.20 Å². The minimum Gasteiger partial charge on any atom is -0.335 e. The summed E-state index contributed by atoms with van der Waals surface area (Å²) >= 11 is 0. The van der Waals surface area contributed by atoms with E-state index in [0.29, 0.717) is 17.5 Å². The molecule has 0 bridgehead atoms. The standard InChI is InChI=1S/C26H28N4O2/c1-6-23(25(31)28-22-13-12-16(2)14-17(22)3)29-18(4)21-15-27-30(20-10-8-7-9-11-20)26(32)24(21)19(29)5/h7-15,23H,6H2,1-5H3,(H,28,31). The van der Waals surface area contributed by atoms with Crippen LogP contribution in [0.3, 0.4) is 0 Å². The van der Waals surface area contributed by atoms with Crippen molar-refractivity contribution in [2.24, 2.45) is 0 Å². The molecule has 164 valence electrons. The second kappa shape index (κ2) is 8.46. The van der Waals surface area contributed by atoms with Crippen molar-refractivity contribution in [3.8, 4) is 5.69 Å². The first-order valence-corrected chi connectivity index (χ1v) is 10.9. The summed E-state index contributed by atoms with van der Waals surface area (Å²) in [5, 5.41) is 8.85. The SMILES string of the molecule is CCC(C(=O)Nc1ccc(C)cc1C)n1c(C)c2cnn(-c3ccccc3)c(=O)c2c1C. The van der Waals surface area contributed by atoms with Gasteiger partial charge in [-0.2, -0.15) is 9.78 Å². The van der Waals surface area contributed by atoms with Gasteiger partial charge in [0.05, 0.1) is 17.3 Å². The van der Waals surface area contributed by atoms with Crippen LogP contribution in [-0.4, -0.2) is 20.3 Å². The van der Waals surface area contributed by atoms with Crippen molar-refractivity contribution in [2.45, 2.75) is 47.1 Å². The van der Waals surface area contributed by atoms with E-state index in [9.17, 15) is 9.59 Å².